The van der Waals surface area contributed by atoms with Crippen molar-refractivity contribution in [2.24, 2.45) is 18.9 Å². The average molecular weight is 383 g/mol. The molecule has 148 valence electrons. The summed E-state index contributed by atoms with van der Waals surface area (Å²) in [5.74, 6) is 0.831. The van der Waals surface area contributed by atoms with Crippen LogP contribution >= 0.6 is 0 Å². The van der Waals surface area contributed by atoms with Gasteiger partial charge in [-0.3, -0.25) is 28.9 Å². The normalized spacial score (nSPS) is 28.1. The van der Waals surface area contributed by atoms with Gasteiger partial charge in [-0.1, -0.05) is 6.07 Å². The molecule has 3 saturated heterocycles. The molecule has 3 aliphatic rings. The molecule has 2 amide bonds. The molecule has 5 rings (SSSR count). The Bertz CT molecular complexity index is 1010. The maximum Gasteiger partial charge on any atom is 0.329 e. The van der Waals surface area contributed by atoms with Crippen molar-refractivity contribution in [3.63, 3.8) is 0 Å². The number of fused-ring (bicyclic) bond motifs is 2. The molecule has 0 radical (unpaired) electrons. The van der Waals surface area contributed by atoms with Crippen LogP contribution in [0.2, 0.25) is 0 Å². The Morgan fingerprint density at radius 2 is 1.82 bits per heavy atom. The molecule has 8 nitrogen and oxygen atoms in total. The zero-order valence-corrected chi connectivity index (χ0v) is 16.0. The summed E-state index contributed by atoms with van der Waals surface area (Å²) < 4.78 is 3.14. The Hall–Kier alpha value is -2.45. The van der Waals surface area contributed by atoms with E-state index in [0.29, 0.717) is 6.42 Å². The number of aryl methyl sites for hydroxylation is 1. The molecule has 2 N–H and O–H groups in total. The number of imide groups is 1. The van der Waals surface area contributed by atoms with E-state index in [4.69, 9.17) is 0 Å². The lowest BCUT2D eigenvalue weighted by Gasteiger charge is -2.22. The first-order chi connectivity index (χ1) is 13.5. The summed E-state index contributed by atoms with van der Waals surface area (Å²) in [5, 5.41) is 5.81. The van der Waals surface area contributed by atoms with Crippen LogP contribution in [0.5, 0.6) is 0 Å². The summed E-state index contributed by atoms with van der Waals surface area (Å²) in [4.78, 5) is 39.1. The van der Waals surface area contributed by atoms with Gasteiger partial charge in [0.05, 0.1) is 11.0 Å². The van der Waals surface area contributed by atoms with Crippen LogP contribution in [0.1, 0.15) is 24.4 Å². The van der Waals surface area contributed by atoms with Crippen LogP contribution in [0.25, 0.3) is 11.0 Å². The summed E-state index contributed by atoms with van der Waals surface area (Å²) in [7, 11) is 1.74. The van der Waals surface area contributed by atoms with E-state index in [9.17, 15) is 14.4 Å². The maximum absolute atomic E-state index is 12.8. The molecule has 4 heterocycles. The van der Waals surface area contributed by atoms with Gasteiger partial charge in [-0.15, -0.1) is 0 Å². The second kappa shape index (κ2) is 6.56. The lowest BCUT2D eigenvalue weighted by molar-refractivity contribution is -0.135. The number of nitrogens with zero attached hydrogens (tertiary/aromatic N) is 3. The van der Waals surface area contributed by atoms with Crippen molar-refractivity contribution < 1.29 is 9.59 Å². The molecule has 0 saturated carbocycles. The number of carbonyl (C=O) groups is 2. The lowest BCUT2D eigenvalue weighted by Crippen LogP contribution is -2.44. The van der Waals surface area contributed by atoms with Crippen LogP contribution in [-0.4, -0.2) is 52.0 Å². The molecule has 2 aromatic rings. The molecular weight excluding hydrogens is 358 g/mol. The molecule has 0 bridgehead atoms. The van der Waals surface area contributed by atoms with Gasteiger partial charge in [0, 0.05) is 33.1 Å². The first-order valence-corrected chi connectivity index (χ1v) is 9.98. The number of hydrogen-bond donors (Lipinski definition) is 2. The van der Waals surface area contributed by atoms with Crippen LogP contribution in [0.4, 0.5) is 0 Å². The van der Waals surface area contributed by atoms with E-state index in [1.165, 1.54) is 10.1 Å². The SMILES string of the molecule is Cn1c(=O)n(C2CCC(=O)NC2=O)c2ccc(CN3C[C@H]4CNC[C@H]4C3)cc21. The Balaban J connectivity index is 1.44. The highest BCUT2D eigenvalue weighted by atomic mass is 16.2. The standard InChI is InChI=1S/C20H25N5O3/c1-23-17-6-12(9-24-10-13-7-21-8-14(13)11-24)2-3-15(17)25(20(23)28)16-4-5-18(26)22-19(16)27/h2-3,6,13-14,16,21H,4-5,7-11H2,1H3,(H,22,26,27)/t13-,14+,16?. The molecule has 1 unspecified atom stereocenters. The minimum absolute atomic E-state index is 0.219. The van der Waals surface area contributed by atoms with E-state index in [2.05, 4.69) is 27.7 Å². The summed E-state index contributed by atoms with van der Waals surface area (Å²) in [5.41, 5.74) is 2.53. The van der Waals surface area contributed by atoms with Crippen LogP contribution < -0.4 is 16.3 Å². The minimum atomic E-state index is -0.634. The predicted molar refractivity (Wildman–Crippen MR) is 104 cm³/mol. The molecule has 0 aliphatic carbocycles. The van der Waals surface area contributed by atoms with Crippen LogP contribution in [0.15, 0.2) is 23.0 Å². The van der Waals surface area contributed by atoms with Crippen molar-refractivity contribution in [2.75, 3.05) is 26.2 Å². The van der Waals surface area contributed by atoms with Gasteiger partial charge in [-0.2, -0.15) is 0 Å². The number of amides is 2. The molecule has 3 atom stereocenters. The quantitative estimate of drug-likeness (QED) is 0.727. The topological polar surface area (TPSA) is 88.4 Å². The number of aromatic nitrogens is 2. The first kappa shape index (κ1) is 17.6. The van der Waals surface area contributed by atoms with Crippen molar-refractivity contribution in [2.45, 2.75) is 25.4 Å². The molecule has 0 spiro atoms. The van der Waals surface area contributed by atoms with Gasteiger partial charge in [-0.25, -0.2) is 4.79 Å². The Morgan fingerprint density at radius 3 is 2.54 bits per heavy atom. The van der Waals surface area contributed by atoms with E-state index in [-0.39, 0.29) is 18.0 Å². The van der Waals surface area contributed by atoms with E-state index in [1.54, 1.807) is 11.6 Å². The smallest absolute Gasteiger partial charge is 0.316 e. The second-order valence-corrected chi connectivity index (χ2v) is 8.37. The number of piperidine rings is 1. The summed E-state index contributed by atoms with van der Waals surface area (Å²) >= 11 is 0. The third kappa shape index (κ3) is 2.79. The molecule has 1 aromatic carbocycles. The summed E-state index contributed by atoms with van der Waals surface area (Å²) in [6.45, 7) is 5.34. The fourth-order valence-electron chi connectivity index (χ4n) is 5.08. The van der Waals surface area contributed by atoms with Crippen LogP contribution in [-0.2, 0) is 23.2 Å². The van der Waals surface area contributed by atoms with Crippen LogP contribution in [0.3, 0.4) is 0 Å². The number of likely N-dealkylation sites (tertiary alicyclic amines) is 1. The van der Waals surface area contributed by atoms with Gasteiger partial charge in [0.1, 0.15) is 6.04 Å². The van der Waals surface area contributed by atoms with Crippen molar-refractivity contribution in [1.29, 1.82) is 0 Å². The van der Waals surface area contributed by atoms with Crippen molar-refractivity contribution in [1.82, 2.24) is 24.7 Å². The average Bonchev–Trinajstić information content (AvgIpc) is 3.30. The number of nitrogens with one attached hydrogen (secondary N) is 2. The van der Waals surface area contributed by atoms with Crippen molar-refractivity contribution >= 4 is 22.8 Å². The molecule has 3 aliphatic heterocycles. The lowest BCUT2D eigenvalue weighted by atomic mass is 10.0. The van der Waals surface area contributed by atoms with Gasteiger partial charge in [0.2, 0.25) is 11.8 Å². The first-order valence-electron chi connectivity index (χ1n) is 9.98. The van der Waals surface area contributed by atoms with Crippen molar-refractivity contribution in [3.8, 4) is 0 Å². The third-order valence-corrected chi connectivity index (χ3v) is 6.55. The zero-order valence-electron chi connectivity index (χ0n) is 16.0. The van der Waals surface area contributed by atoms with Gasteiger partial charge in [0.15, 0.2) is 0 Å². The van der Waals surface area contributed by atoms with Gasteiger partial charge in [0.25, 0.3) is 0 Å². The van der Waals surface area contributed by atoms with E-state index in [1.807, 2.05) is 6.07 Å². The number of carbonyl (C=O) groups excluding carboxylic acids is 2. The summed E-state index contributed by atoms with van der Waals surface area (Å²) in [6, 6.07) is 5.42. The zero-order chi connectivity index (χ0) is 19.4. The number of benzene rings is 1. The van der Waals surface area contributed by atoms with Gasteiger partial charge >= 0.3 is 5.69 Å². The molecule has 1 aromatic heterocycles. The monoisotopic (exact) mass is 383 g/mol. The van der Waals surface area contributed by atoms with E-state index < -0.39 is 11.9 Å². The van der Waals surface area contributed by atoms with Crippen molar-refractivity contribution in [3.05, 3.63) is 34.2 Å². The number of imidazole rings is 1. The molecular formula is C20H25N5O3. The summed E-state index contributed by atoms with van der Waals surface area (Å²) in [6.07, 6.45) is 0.611. The largest absolute Gasteiger partial charge is 0.329 e. The molecule has 28 heavy (non-hydrogen) atoms. The number of rotatable bonds is 3. The van der Waals surface area contributed by atoms with E-state index in [0.717, 1.165) is 55.6 Å². The van der Waals surface area contributed by atoms with E-state index >= 15 is 0 Å². The Kier molecular flexibility index (Phi) is 4.13. The molecule has 8 heteroatoms. The Labute approximate surface area is 162 Å². The maximum atomic E-state index is 12.8. The van der Waals surface area contributed by atoms with Crippen LogP contribution in [0, 0.1) is 11.8 Å². The Morgan fingerprint density at radius 1 is 1.07 bits per heavy atom. The predicted octanol–water partition coefficient (Wildman–Crippen LogP) is -0.0311. The highest BCUT2D eigenvalue weighted by Gasteiger charge is 2.36. The highest BCUT2D eigenvalue weighted by molar-refractivity contribution is 6.00. The highest BCUT2D eigenvalue weighted by Crippen LogP contribution is 2.28. The minimum Gasteiger partial charge on any atom is -0.316 e. The fourth-order valence-corrected chi connectivity index (χ4v) is 5.08. The second-order valence-electron chi connectivity index (χ2n) is 8.37. The van der Waals surface area contributed by atoms with Gasteiger partial charge < -0.3 is 5.32 Å². The fraction of sp³-hybridized carbons (Fsp3) is 0.550. The molecule has 3 fully saturated rings. The third-order valence-electron chi connectivity index (χ3n) is 6.55. The van der Waals surface area contributed by atoms with Gasteiger partial charge in [-0.05, 0) is 49.0 Å². The number of hydrogen-bond acceptors (Lipinski definition) is 5.